The lowest BCUT2D eigenvalue weighted by Gasteiger charge is -2.35. The summed E-state index contributed by atoms with van der Waals surface area (Å²) < 4.78 is 22.2. The first-order valence-electron chi connectivity index (χ1n) is 8.47. The Bertz CT molecular complexity index is 735. The van der Waals surface area contributed by atoms with Crippen LogP contribution in [0.3, 0.4) is 0 Å². The molecule has 5 rings (SSSR count). The van der Waals surface area contributed by atoms with Crippen molar-refractivity contribution in [2.75, 3.05) is 26.7 Å². The first-order chi connectivity index (χ1) is 11.9. The Balaban J connectivity index is 0.00000157. The Morgan fingerprint density at radius 2 is 1.16 bits per heavy atom. The molecule has 1 saturated heterocycles. The molecule has 0 aliphatic carbocycles. The predicted molar refractivity (Wildman–Crippen MR) is 91.4 cm³/mol. The average molecular weight is 378 g/mol. The quantitative estimate of drug-likeness (QED) is 0.578. The summed E-state index contributed by atoms with van der Waals surface area (Å²) >= 11 is 0. The fourth-order valence-electron chi connectivity index (χ4n) is 4.10. The summed E-state index contributed by atoms with van der Waals surface area (Å²) in [6.45, 7) is 3.00. The monoisotopic (exact) mass is 377 g/mol. The van der Waals surface area contributed by atoms with E-state index in [1.807, 2.05) is 0 Å². The van der Waals surface area contributed by atoms with Crippen LogP contribution in [-0.2, 0) is 0 Å². The molecule has 0 atom stereocenters. The fourth-order valence-corrected chi connectivity index (χ4v) is 8.85. The molecule has 2 aromatic carbocycles. The predicted octanol–water partition coefficient (Wildman–Crippen LogP) is -2.71. The maximum atomic E-state index is 5.63. The van der Waals surface area contributed by atoms with E-state index in [1.165, 1.54) is 35.6 Å². The second-order valence-corrected chi connectivity index (χ2v) is 10.9. The molecule has 25 heavy (non-hydrogen) atoms. The molecule has 2 aromatic rings. The smallest absolute Gasteiger partial charge is 0.231 e. The van der Waals surface area contributed by atoms with Crippen LogP contribution in [-0.4, -0.2) is 34.7 Å². The van der Waals surface area contributed by atoms with Crippen molar-refractivity contribution in [1.82, 2.24) is 0 Å². The summed E-state index contributed by atoms with van der Waals surface area (Å²) in [6.07, 6.45) is 0. The molecule has 132 valence electrons. The molecule has 7 heteroatoms. The van der Waals surface area contributed by atoms with Crippen molar-refractivity contribution in [2.45, 2.75) is 12.1 Å². The van der Waals surface area contributed by atoms with E-state index >= 15 is 0 Å². The Morgan fingerprint density at radius 3 is 1.68 bits per heavy atom. The Labute approximate surface area is 153 Å². The van der Waals surface area contributed by atoms with Crippen LogP contribution >= 0.6 is 0 Å². The van der Waals surface area contributed by atoms with Gasteiger partial charge in [-0.1, -0.05) is 12.1 Å². The Hall–Kier alpha value is -1.89. The van der Waals surface area contributed by atoms with Gasteiger partial charge < -0.3 is 36.7 Å². The van der Waals surface area contributed by atoms with E-state index in [-0.39, 0.29) is 12.4 Å². The van der Waals surface area contributed by atoms with Gasteiger partial charge in [-0.25, -0.2) is 0 Å². The Kier molecular flexibility index (Phi) is 4.27. The number of fused-ring (bicyclic) bond motifs is 2. The fraction of sp³-hybridized carbons (Fsp3) is 0.333. The van der Waals surface area contributed by atoms with Gasteiger partial charge >= 0.3 is 0 Å². The molecule has 0 saturated carbocycles. The lowest BCUT2D eigenvalue weighted by molar-refractivity contribution is -0.651. The van der Waals surface area contributed by atoms with Crippen LogP contribution in [0, 0.1) is 0 Å². The highest BCUT2D eigenvalue weighted by Gasteiger charge is 2.41. The zero-order chi connectivity index (χ0) is 16.0. The third-order valence-electron chi connectivity index (χ3n) is 5.40. The van der Waals surface area contributed by atoms with Crippen LogP contribution < -0.4 is 47.0 Å². The van der Waals surface area contributed by atoms with E-state index in [1.54, 1.807) is 0 Å². The van der Waals surface area contributed by atoms with Crippen molar-refractivity contribution in [3.63, 3.8) is 0 Å². The molecule has 0 radical (unpaired) electrons. The number of ether oxygens (including phenoxy) is 4. The molecule has 0 spiro atoms. The maximum absolute atomic E-state index is 5.63. The van der Waals surface area contributed by atoms with Crippen LogP contribution in [0.2, 0.25) is 12.1 Å². The number of halogens is 1. The SMILES string of the molecule is [Cl-].c1cc2c(cc1[Si]1(c3ccc4c(c3)OCO4)CC[NH2+]CC1)OCO2. The van der Waals surface area contributed by atoms with Crippen molar-refractivity contribution in [3.05, 3.63) is 36.4 Å². The number of nitrogens with two attached hydrogens (primary N) is 1. The molecular weight excluding hydrogens is 358 g/mol. The topological polar surface area (TPSA) is 53.5 Å². The highest BCUT2D eigenvalue weighted by molar-refractivity contribution is 7.02. The molecule has 2 N–H and O–H groups in total. The van der Waals surface area contributed by atoms with Gasteiger partial charge in [0.05, 0.1) is 13.1 Å². The molecule has 0 bridgehead atoms. The number of rotatable bonds is 2. The molecule has 3 aliphatic heterocycles. The molecule has 3 heterocycles. The summed E-state index contributed by atoms with van der Waals surface area (Å²) in [5.74, 6) is 3.48. The standard InChI is InChI=1S/C18H19NO4Si.ClH/c1-3-15-17(22-11-20-15)9-13(1)24(7-5-19-6-8-24)14-2-4-16-18(10-14)23-12-21-16;/h1-4,9-10,19H,5-8,11-12H2;1H. The van der Waals surface area contributed by atoms with Gasteiger partial charge in [-0.05, 0) is 34.6 Å². The zero-order valence-corrected chi connectivity index (χ0v) is 15.6. The highest BCUT2D eigenvalue weighted by atomic mass is 35.5. The van der Waals surface area contributed by atoms with Gasteiger partial charge in [0, 0.05) is 12.1 Å². The first-order valence-corrected chi connectivity index (χ1v) is 10.9. The highest BCUT2D eigenvalue weighted by Crippen LogP contribution is 2.34. The third-order valence-corrected chi connectivity index (χ3v) is 10.5. The van der Waals surface area contributed by atoms with Crippen LogP contribution in [0.1, 0.15) is 0 Å². The molecule has 5 nitrogen and oxygen atoms in total. The molecule has 0 aromatic heterocycles. The minimum atomic E-state index is -1.82. The van der Waals surface area contributed by atoms with E-state index in [9.17, 15) is 0 Å². The molecule has 0 amide bonds. The minimum absolute atomic E-state index is 0. The number of quaternary nitrogens is 1. The van der Waals surface area contributed by atoms with Gasteiger partial charge in [-0.15, -0.1) is 0 Å². The molecular formula is C18H20ClNO4Si. The zero-order valence-electron chi connectivity index (χ0n) is 13.8. The van der Waals surface area contributed by atoms with Crippen LogP contribution in [0.5, 0.6) is 23.0 Å². The first kappa shape index (κ1) is 16.6. The van der Waals surface area contributed by atoms with Gasteiger partial charge in [0.2, 0.25) is 13.6 Å². The van der Waals surface area contributed by atoms with Crippen molar-refractivity contribution < 1.29 is 36.7 Å². The number of hydrogen-bond donors (Lipinski definition) is 1. The largest absolute Gasteiger partial charge is 1.00 e. The molecule has 0 unspecified atom stereocenters. The second-order valence-electron chi connectivity index (χ2n) is 6.58. The molecule has 3 aliphatic rings. The van der Waals surface area contributed by atoms with Crippen LogP contribution in [0.4, 0.5) is 0 Å². The van der Waals surface area contributed by atoms with Gasteiger partial charge in [0.25, 0.3) is 0 Å². The normalized spacial score (nSPS) is 19.4. The van der Waals surface area contributed by atoms with E-state index in [2.05, 4.69) is 41.7 Å². The van der Waals surface area contributed by atoms with Crippen LogP contribution in [0.15, 0.2) is 36.4 Å². The average Bonchev–Trinajstić information content (AvgIpc) is 3.30. The lowest BCUT2D eigenvalue weighted by Crippen LogP contribution is -3.00. The van der Waals surface area contributed by atoms with Crippen molar-refractivity contribution >= 4 is 18.4 Å². The summed E-state index contributed by atoms with van der Waals surface area (Å²) in [5, 5.41) is 5.28. The number of benzene rings is 2. The van der Waals surface area contributed by atoms with Gasteiger partial charge in [-0.3, -0.25) is 0 Å². The van der Waals surface area contributed by atoms with Gasteiger partial charge in [0.15, 0.2) is 23.0 Å². The maximum Gasteiger partial charge on any atom is 0.231 e. The van der Waals surface area contributed by atoms with Crippen molar-refractivity contribution in [2.24, 2.45) is 0 Å². The summed E-state index contributed by atoms with van der Waals surface area (Å²) in [7, 11) is -1.82. The van der Waals surface area contributed by atoms with E-state index in [0.29, 0.717) is 13.6 Å². The lowest BCUT2D eigenvalue weighted by atomic mass is 10.3. The Morgan fingerprint density at radius 1 is 0.680 bits per heavy atom. The van der Waals surface area contributed by atoms with Crippen molar-refractivity contribution in [1.29, 1.82) is 0 Å². The van der Waals surface area contributed by atoms with E-state index < -0.39 is 8.07 Å². The number of hydrogen-bond acceptors (Lipinski definition) is 4. The summed E-state index contributed by atoms with van der Waals surface area (Å²) in [4.78, 5) is 0. The minimum Gasteiger partial charge on any atom is -1.00 e. The van der Waals surface area contributed by atoms with E-state index in [4.69, 9.17) is 18.9 Å². The molecule has 1 fully saturated rings. The summed E-state index contributed by atoms with van der Waals surface area (Å²) in [6, 6.07) is 15.5. The van der Waals surface area contributed by atoms with Crippen LogP contribution in [0.25, 0.3) is 0 Å². The van der Waals surface area contributed by atoms with Gasteiger partial charge in [0.1, 0.15) is 8.07 Å². The van der Waals surface area contributed by atoms with E-state index in [0.717, 1.165) is 23.0 Å². The summed E-state index contributed by atoms with van der Waals surface area (Å²) in [5.41, 5.74) is 0. The third kappa shape index (κ3) is 2.65. The van der Waals surface area contributed by atoms with Gasteiger partial charge in [-0.2, -0.15) is 0 Å². The second kappa shape index (κ2) is 6.44. The van der Waals surface area contributed by atoms with Crippen molar-refractivity contribution in [3.8, 4) is 23.0 Å².